The van der Waals surface area contributed by atoms with E-state index in [2.05, 4.69) is 18.3 Å². The highest BCUT2D eigenvalue weighted by Gasteiger charge is 2.32. The number of pyridine rings is 1. The lowest BCUT2D eigenvalue weighted by atomic mass is 9.88. The van der Waals surface area contributed by atoms with E-state index in [4.69, 9.17) is 5.73 Å². The molecular formula is C25H27F2N3O3. The average molecular weight is 456 g/mol. The number of aromatic nitrogens is 1. The lowest BCUT2D eigenvalue weighted by Gasteiger charge is -2.24. The van der Waals surface area contributed by atoms with Gasteiger partial charge in [-0.15, -0.1) is 0 Å². The van der Waals surface area contributed by atoms with Gasteiger partial charge in [0.25, 0.3) is 0 Å². The van der Waals surface area contributed by atoms with E-state index in [-0.39, 0.29) is 24.2 Å². The Labute approximate surface area is 191 Å². The van der Waals surface area contributed by atoms with Crippen molar-refractivity contribution < 1.29 is 23.4 Å². The first-order valence-electron chi connectivity index (χ1n) is 10.7. The standard InChI is InChI=1S/C25H27F2N3O3/c1-2-16-5-3-6-17(9-16)14-29-15-22(24-21(25(31)32)7-4-8-30(24)33)23(28)12-18-10-19(26)13-20(27)11-18/h3-11,13,22-23,29H,2,12,14-15,28H2,1H3,(H,31,32)/t22-,23+/m1/s1. The molecule has 3 aromatic rings. The van der Waals surface area contributed by atoms with Crippen LogP contribution < -0.4 is 15.8 Å². The third-order valence-corrected chi connectivity index (χ3v) is 5.58. The summed E-state index contributed by atoms with van der Waals surface area (Å²) in [5.74, 6) is -3.43. The van der Waals surface area contributed by atoms with E-state index in [1.165, 1.54) is 36.0 Å². The van der Waals surface area contributed by atoms with Crippen molar-refractivity contribution in [2.75, 3.05) is 6.54 Å². The first-order chi connectivity index (χ1) is 15.8. The lowest BCUT2D eigenvalue weighted by Crippen LogP contribution is -2.45. The van der Waals surface area contributed by atoms with E-state index in [1.54, 1.807) is 0 Å². The lowest BCUT2D eigenvalue weighted by molar-refractivity contribution is -0.615. The summed E-state index contributed by atoms with van der Waals surface area (Å²) in [5, 5.41) is 25.5. The van der Waals surface area contributed by atoms with Gasteiger partial charge in [0, 0.05) is 31.3 Å². The second-order valence-corrected chi connectivity index (χ2v) is 7.99. The van der Waals surface area contributed by atoms with Gasteiger partial charge < -0.3 is 21.4 Å². The van der Waals surface area contributed by atoms with Crippen molar-refractivity contribution in [3.8, 4) is 0 Å². The predicted octanol–water partition coefficient (Wildman–Crippen LogP) is 3.30. The van der Waals surface area contributed by atoms with E-state index in [1.807, 2.05) is 18.2 Å². The molecule has 2 atom stereocenters. The van der Waals surface area contributed by atoms with Gasteiger partial charge in [-0.05, 0) is 47.7 Å². The molecular weight excluding hydrogens is 428 g/mol. The molecule has 1 heterocycles. The minimum atomic E-state index is -1.25. The van der Waals surface area contributed by atoms with Crippen molar-refractivity contribution in [2.24, 2.45) is 5.73 Å². The van der Waals surface area contributed by atoms with Gasteiger partial charge in [-0.25, -0.2) is 13.6 Å². The number of carboxylic acid groups (broad SMARTS) is 1. The summed E-state index contributed by atoms with van der Waals surface area (Å²) < 4.78 is 27.8. The van der Waals surface area contributed by atoms with Gasteiger partial charge in [0.15, 0.2) is 6.20 Å². The molecule has 3 rings (SSSR count). The molecule has 2 aromatic carbocycles. The minimum absolute atomic E-state index is 0.00387. The van der Waals surface area contributed by atoms with Gasteiger partial charge in [0.1, 0.15) is 17.2 Å². The SMILES string of the molecule is CCc1cccc(CNC[C@@H](c2c(C(=O)O)ccc[n+]2[O-])[C@@H](N)Cc2cc(F)cc(F)c2)c1. The Hall–Kier alpha value is -3.36. The number of aryl methyl sites for hydroxylation is 1. The van der Waals surface area contributed by atoms with E-state index >= 15 is 0 Å². The molecule has 0 saturated heterocycles. The summed E-state index contributed by atoms with van der Waals surface area (Å²) in [7, 11) is 0. The molecule has 0 unspecified atom stereocenters. The van der Waals surface area contributed by atoms with Crippen LogP contribution in [0.25, 0.3) is 0 Å². The second-order valence-electron chi connectivity index (χ2n) is 7.99. The Morgan fingerprint density at radius 1 is 1.09 bits per heavy atom. The molecule has 0 fully saturated rings. The molecule has 0 aliphatic heterocycles. The summed E-state index contributed by atoms with van der Waals surface area (Å²) in [5.41, 5.74) is 8.81. The normalized spacial score (nSPS) is 13.0. The Morgan fingerprint density at radius 3 is 2.45 bits per heavy atom. The van der Waals surface area contributed by atoms with Crippen LogP contribution >= 0.6 is 0 Å². The first-order valence-corrected chi connectivity index (χ1v) is 10.7. The maximum atomic E-state index is 13.7. The molecule has 174 valence electrons. The molecule has 0 amide bonds. The van der Waals surface area contributed by atoms with Crippen molar-refractivity contribution in [3.63, 3.8) is 0 Å². The van der Waals surface area contributed by atoms with Crippen LogP contribution in [0.15, 0.2) is 60.8 Å². The van der Waals surface area contributed by atoms with Gasteiger partial charge in [-0.2, -0.15) is 4.73 Å². The fourth-order valence-corrected chi connectivity index (χ4v) is 3.97. The maximum absolute atomic E-state index is 13.7. The van der Waals surface area contributed by atoms with Crippen LogP contribution in [-0.2, 0) is 19.4 Å². The monoisotopic (exact) mass is 455 g/mol. The quantitative estimate of drug-likeness (QED) is 0.322. The zero-order chi connectivity index (χ0) is 24.0. The molecule has 1 aromatic heterocycles. The molecule has 33 heavy (non-hydrogen) atoms. The van der Waals surface area contributed by atoms with Crippen molar-refractivity contribution >= 4 is 5.97 Å². The molecule has 6 nitrogen and oxygen atoms in total. The third-order valence-electron chi connectivity index (χ3n) is 5.58. The van der Waals surface area contributed by atoms with Crippen LogP contribution in [0.1, 0.15) is 45.6 Å². The Kier molecular flexibility index (Phi) is 8.08. The number of nitrogens with one attached hydrogen (secondary N) is 1. The number of benzene rings is 2. The van der Waals surface area contributed by atoms with Crippen LogP contribution in [0.2, 0.25) is 0 Å². The molecule has 0 spiro atoms. The summed E-state index contributed by atoms with van der Waals surface area (Å²) in [6.07, 6.45) is 2.17. The van der Waals surface area contributed by atoms with Crippen LogP contribution in [0.3, 0.4) is 0 Å². The van der Waals surface area contributed by atoms with Gasteiger partial charge in [-0.1, -0.05) is 31.2 Å². The summed E-state index contributed by atoms with van der Waals surface area (Å²) >= 11 is 0. The molecule has 0 bridgehead atoms. The molecule has 0 radical (unpaired) electrons. The zero-order valence-electron chi connectivity index (χ0n) is 18.3. The molecule has 0 saturated carbocycles. The molecule has 4 N–H and O–H groups in total. The summed E-state index contributed by atoms with van der Waals surface area (Å²) in [6.45, 7) is 2.74. The number of nitrogens with zero attached hydrogens (tertiary/aromatic N) is 1. The third kappa shape index (κ3) is 6.34. The Balaban J connectivity index is 1.88. The Morgan fingerprint density at radius 2 is 1.79 bits per heavy atom. The topological polar surface area (TPSA) is 102 Å². The number of rotatable bonds is 10. The van der Waals surface area contributed by atoms with Gasteiger partial charge >= 0.3 is 5.97 Å². The van der Waals surface area contributed by atoms with E-state index in [0.717, 1.165) is 18.1 Å². The second kappa shape index (κ2) is 11.0. The number of halogens is 2. The summed E-state index contributed by atoms with van der Waals surface area (Å²) in [4.78, 5) is 11.8. The first kappa shape index (κ1) is 24.3. The number of carboxylic acids is 1. The average Bonchev–Trinajstić information content (AvgIpc) is 2.76. The molecule has 8 heteroatoms. The fourth-order valence-electron chi connectivity index (χ4n) is 3.97. The number of nitrogens with two attached hydrogens (primary N) is 1. The van der Waals surface area contributed by atoms with Gasteiger partial charge in [-0.3, -0.25) is 0 Å². The van der Waals surface area contributed by atoms with Crippen LogP contribution in [0.5, 0.6) is 0 Å². The fraction of sp³-hybridized carbons (Fsp3) is 0.280. The van der Waals surface area contributed by atoms with Gasteiger partial charge in [0.05, 0.1) is 5.92 Å². The van der Waals surface area contributed by atoms with E-state index in [0.29, 0.717) is 16.8 Å². The molecule has 0 aliphatic carbocycles. The van der Waals surface area contributed by atoms with Crippen LogP contribution in [-0.4, -0.2) is 23.7 Å². The Bertz CT molecular complexity index is 1100. The van der Waals surface area contributed by atoms with E-state index < -0.39 is 29.6 Å². The van der Waals surface area contributed by atoms with Gasteiger partial charge in [0.2, 0.25) is 5.69 Å². The van der Waals surface area contributed by atoms with Crippen LogP contribution in [0.4, 0.5) is 8.78 Å². The highest BCUT2D eigenvalue weighted by atomic mass is 19.1. The molecule has 0 aliphatic rings. The maximum Gasteiger partial charge on any atom is 0.342 e. The highest BCUT2D eigenvalue weighted by molar-refractivity contribution is 5.88. The minimum Gasteiger partial charge on any atom is -0.618 e. The van der Waals surface area contributed by atoms with Crippen molar-refractivity contribution in [1.82, 2.24) is 5.32 Å². The smallest absolute Gasteiger partial charge is 0.342 e. The number of hydrogen-bond donors (Lipinski definition) is 3. The number of hydrogen-bond acceptors (Lipinski definition) is 4. The predicted molar refractivity (Wildman–Crippen MR) is 121 cm³/mol. The number of carbonyl (C=O) groups is 1. The highest BCUT2D eigenvalue weighted by Crippen LogP contribution is 2.23. The van der Waals surface area contributed by atoms with Crippen molar-refractivity contribution in [2.45, 2.75) is 38.3 Å². The summed E-state index contributed by atoms with van der Waals surface area (Å²) in [6, 6.07) is 13.1. The van der Waals surface area contributed by atoms with Crippen LogP contribution in [0, 0.1) is 16.8 Å². The van der Waals surface area contributed by atoms with Crippen molar-refractivity contribution in [3.05, 3.63) is 106 Å². The van der Waals surface area contributed by atoms with E-state index in [9.17, 15) is 23.9 Å². The number of aromatic carboxylic acids is 1. The largest absolute Gasteiger partial charge is 0.618 e. The zero-order valence-corrected chi connectivity index (χ0v) is 18.3. The van der Waals surface area contributed by atoms with Crippen molar-refractivity contribution in [1.29, 1.82) is 0 Å².